The van der Waals surface area contributed by atoms with Crippen molar-refractivity contribution in [3.63, 3.8) is 0 Å². The summed E-state index contributed by atoms with van der Waals surface area (Å²) >= 11 is 13.4. The quantitative estimate of drug-likeness (QED) is 0.377. The van der Waals surface area contributed by atoms with Crippen molar-refractivity contribution in [2.45, 2.75) is 28.4 Å². The molecule has 1 unspecified atom stereocenters. The number of aromatic nitrogens is 2. The summed E-state index contributed by atoms with van der Waals surface area (Å²) in [6, 6.07) is 16.7. The number of hydrogen-bond donors (Lipinski definition) is 0. The van der Waals surface area contributed by atoms with Gasteiger partial charge in [0.1, 0.15) is 10.9 Å². The molecule has 134 valence electrons. The zero-order valence-corrected chi connectivity index (χ0v) is 17.1. The summed E-state index contributed by atoms with van der Waals surface area (Å²) in [6.07, 6.45) is 0. The Bertz CT molecular complexity index is 916. The molecule has 0 fully saturated rings. The van der Waals surface area contributed by atoms with Gasteiger partial charge in [0.15, 0.2) is 0 Å². The molecule has 3 aromatic rings. The molecule has 3 rings (SSSR count). The van der Waals surface area contributed by atoms with Gasteiger partial charge < -0.3 is 0 Å². The Morgan fingerprint density at radius 3 is 2.23 bits per heavy atom. The van der Waals surface area contributed by atoms with Gasteiger partial charge in [-0.15, -0.1) is 11.8 Å². The van der Waals surface area contributed by atoms with Crippen LogP contribution in [0.25, 0.3) is 0 Å². The van der Waals surface area contributed by atoms with Crippen LogP contribution < -0.4 is 0 Å². The number of rotatable bonds is 6. The molecular formula is C19H16Cl2N2OS2. The first kappa shape index (κ1) is 19.4. The third-order valence-corrected chi connectivity index (χ3v) is 6.37. The molecule has 1 heterocycles. The van der Waals surface area contributed by atoms with Crippen LogP contribution in [0.5, 0.6) is 0 Å². The maximum absolute atomic E-state index is 12.5. The first-order chi connectivity index (χ1) is 12.5. The van der Waals surface area contributed by atoms with Crippen molar-refractivity contribution in [2.75, 3.05) is 0 Å². The van der Waals surface area contributed by atoms with Crippen LogP contribution in [0.2, 0.25) is 10.0 Å². The molecule has 0 amide bonds. The highest BCUT2D eigenvalue weighted by Gasteiger charge is 2.09. The number of nitrogens with zero attached hydrogens (tertiary/aromatic N) is 2. The molecule has 0 aliphatic rings. The van der Waals surface area contributed by atoms with E-state index in [1.807, 2.05) is 37.3 Å². The van der Waals surface area contributed by atoms with Gasteiger partial charge in [-0.05, 0) is 55.0 Å². The molecule has 0 N–H and O–H groups in total. The van der Waals surface area contributed by atoms with E-state index in [0.717, 1.165) is 26.4 Å². The van der Waals surface area contributed by atoms with E-state index in [2.05, 4.69) is 9.97 Å². The van der Waals surface area contributed by atoms with Gasteiger partial charge in [-0.2, -0.15) is 0 Å². The summed E-state index contributed by atoms with van der Waals surface area (Å²) in [7, 11) is -1.17. The van der Waals surface area contributed by atoms with Crippen molar-refractivity contribution in [3.05, 3.63) is 81.7 Å². The van der Waals surface area contributed by atoms with E-state index in [0.29, 0.717) is 16.6 Å². The molecule has 2 aromatic carbocycles. The molecular weight excluding hydrogens is 407 g/mol. The second-order valence-corrected chi connectivity index (χ2v) is 8.92. The van der Waals surface area contributed by atoms with Crippen LogP contribution in [0.4, 0.5) is 0 Å². The zero-order chi connectivity index (χ0) is 18.5. The molecule has 0 aliphatic heterocycles. The first-order valence-electron chi connectivity index (χ1n) is 7.85. The van der Waals surface area contributed by atoms with E-state index < -0.39 is 10.8 Å². The fourth-order valence-corrected chi connectivity index (χ4v) is 4.49. The van der Waals surface area contributed by atoms with Crippen LogP contribution in [-0.2, 0) is 22.3 Å². The van der Waals surface area contributed by atoms with E-state index >= 15 is 0 Å². The van der Waals surface area contributed by atoms with Crippen LogP contribution in [0, 0.1) is 6.92 Å². The molecule has 0 bridgehead atoms. The second kappa shape index (κ2) is 9.00. The minimum Gasteiger partial charge on any atom is -0.254 e. The third kappa shape index (κ3) is 5.55. The summed E-state index contributed by atoms with van der Waals surface area (Å²) in [5.41, 5.74) is 1.94. The Kier molecular flexibility index (Phi) is 6.70. The van der Waals surface area contributed by atoms with Gasteiger partial charge in [-0.25, -0.2) is 9.97 Å². The third-order valence-electron chi connectivity index (χ3n) is 3.52. The van der Waals surface area contributed by atoms with E-state index in [4.69, 9.17) is 23.2 Å². The van der Waals surface area contributed by atoms with Crippen LogP contribution in [0.3, 0.4) is 0 Å². The Morgan fingerprint density at radius 2 is 1.58 bits per heavy atom. The molecule has 26 heavy (non-hydrogen) atoms. The molecule has 0 saturated heterocycles. The van der Waals surface area contributed by atoms with Crippen molar-refractivity contribution >= 4 is 45.8 Å². The minimum atomic E-state index is -1.17. The van der Waals surface area contributed by atoms with Crippen molar-refractivity contribution in [1.29, 1.82) is 0 Å². The Morgan fingerprint density at radius 1 is 0.962 bits per heavy atom. The van der Waals surface area contributed by atoms with Crippen LogP contribution >= 0.6 is 35.0 Å². The lowest BCUT2D eigenvalue weighted by Gasteiger charge is -2.07. The molecule has 1 atom stereocenters. The van der Waals surface area contributed by atoms with Crippen molar-refractivity contribution < 1.29 is 4.21 Å². The summed E-state index contributed by atoms with van der Waals surface area (Å²) < 4.78 is 12.5. The topological polar surface area (TPSA) is 42.9 Å². The highest BCUT2D eigenvalue weighted by atomic mass is 35.5. The first-order valence-corrected chi connectivity index (χ1v) is 10.9. The monoisotopic (exact) mass is 422 g/mol. The highest BCUT2D eigenvalue weighted by molar-refractivity contribution is 7.98. The zero-order valence-electron chi connectivity index (χ0n) is 14.0. The Hall–Kier alpha value is -1.40. The highest BCUT2D eigenvalue weighted by Crippen LogP contribution is 2.23. The normalized spacial score (nSPS) is 12.1. The fourth-order valence-electron chi connectivity index (χ4n) is 2.29. The van der Waals surface area contributed by atoms with Gasteiger partial charge in [-0.1, -0.05) is 35.3 Å². The maximum atomic E-state index is 12.5. The lowest BCUT2D eigenvalue weighted by atomic mass is 10.2. The van der Waals surface area contributed by atoms with E-state index in [1.165, 1.54) is 5.56 Å². The maximum Gasteiger partial charge on any atom is 0.126 e. The lowest BCUT2D eigenvalue weighted by Crippen LogP contribution is -2.02. The Labute approximate surface area is 169 Å². The number of aryl methyl sites for hydroxylation is 1. The number of hydrogen-bond acceptors (Lipinski definition) is 4. The summed E-state index contributed by atoms with van der Waals surface area (Å²) in [5, 5.41) is 2.23. The number of benzene rings is 2. The molecule has 7 heteroatoms. The summed E-state index contributed by atoms with van der Waals surface area (Å²) in [5.74, 6) is 1.81. The SMILES string of the molecule is Cc1nc(CS(=O)c2ccc(Cl)cc2)cc(SCc2ccc(Cl)cc2)n1. The number of halogens is 2. The summed E-state index contributed by atoms with van der Waals surface area (Å²) in [4.78, 5) is 9.63. The van der Waals surface area contributed by atoms with Gasteiger partial charge in [-0.3, -0.25) is 4.21 Å². The van der Waals surface area contributed by atoms with Gasteiger partial charge in [0, 0.05) is 20.7 Å². The minimum absolute atomic E-state index is 0.347. The van der Waals surface area contributed by atoms with Gasteiger partial charge in [0.2, 0.25) is 0 Å². The Balaban J connectivity index is 1.69. The average Bonchev–Trinajstić information content (AvgIpc) is 2.61. The van der Waals surface area contributed by atoms with Crippen LogP contribution in [-0.4, -0.2) is 14.2 Å². The van der Waals surface area contributed by atoms with E-state index in [9.17, 15) is 4.21 Å². The van der Waals surface area contributed by atoms with Crippen molar-refractivity contribution in [3.8, 4) is 0 Å². The van der Waals surface area contributed by atoms with Crippen molar-refractivity contribution in [2.24, 2.45) is 0 Å². The molecule has 3 nitrogen and oxygen atoms in total. The summed E-state index contributed by atoms with van der Waals surface area (Å²) in [6.45, 7) is 1.85. The molecule has 0 saturated carbocycles. The fraction of sp³-hybridized carbons (Fsp3) is 0.158. The van der Waals surface area contributed by atoms with E-state index in [1.54, 1.807) is 36.0 Å². The molecule has 0 aliphatic carbocycles. The van der Waals surface area contributed by atoms with Crippen LogP contribution in [0.1, 0.15) is 17.1 Å². The van der Waals surface area contributed by atoms with Gasteiger partial charge in [0.25, 0.3) is 0 Å². The smallest absolute Gasteiger partial charge is 0.126 e. The van der Waals surface area contributed by atoms with E-state index in [-0.39, 0.29) is 0 Å². The van der Waals surface area contributed by atoms with Gasteiger partial charge >= 0.3 is 0 Å². The predicted molar refractivity (Wildman–Crippen MR) is 109 cm³/mol. The van der Waals surface area contributed by atoms with Crippen LogP contribution in [0.15, 0.2) is 64.5 Å². The number of thioether (sulfide) groups is 1. The molecule has 0 spiro atoms. The second-order valence-electron chi connectivity index (χ2n) is 5.60. The molecule has 1 aromatic heterocycles. The largest absolute Gasteiger partial charge is 0.254 e. The average molecular weight is 423 g/mol. The predicted octanol–water partition coefficient (Wildman–Crippen LogP) is 5.69. The van der Waals surface area contributed by atoms with Crippen molar-refractivity contribution in [1.82, 2.24) is 9.97 Å². The standard InChI is InChI=1S/C19H16Cl2N2OS2/c1-13-22-17(12-26(24)18-8-6-16(21)7-9-18)10-19(23-13)25-11-14-2-4-15(20)5-3-14/h2-10H,11-12H2,1H3. The molecule has 0 radical (unpaired) electrons. The van der Waals surface area contributed by atoms with Gasteiger partial charge in [0.05, 0.1) is 22.2 Å². The lowest BCUT2D eigenvalue weighted by molar-refractivity contribution is 0.681.